The summed E-state index contributed by atoms with van der Waals surface area (Å²) in [5.74, 6) is 0. The van der Waals surface area contributed by atoms with Gasteiger partial charge in [-0.15, -0.1) is 0 Å². The summed E-state index contributed by atoms with van der Waals surface area (Å²) in [5.41, 5.74) is 4.08. The zero-order valence-corrected chi connectivity index (χ0v) is 5.60. The number of rotatable bonds is 0. The van der Waals surface area contributed by atoms with Gasteiger partial charge in [-0.25, -0.2) is 0 Å². The molecule has 3 N–H and O–H groups in total. The van der Waals surface area contributed by atoms with Crippen LogP contribution in [0.5, 0.6) is 0 Å². The number of hydrogen-bond donors (Lipinski definition) is 2. The minimum absolute atomic E-state index is 0.311. The molecule has 50 valence electrons. The average molecular weight is 146 g/mol. The maximum absolute atomic E-state index is 9.11. The van der Waals surface area contributed by atoms with E-state index in [0.717, 1.165) is 0 Å². The largest absolute Gasteiger partial charge is 0.372 e. The van der Waals surface area contributed by atoms with Crippen molar-refractivity contribution in [2.75, 3.05) is 0 Å². The minimum Gasteiger partial charge on any atom is -0.372 e. The van der Waals surface area contributed by atoms with Gasteiger partial charge < -0.3 is 5.11 Å². The number of nitrogens with two attached hydrogens (primary N) is 1. The number of aliphatic hydroxyl groups is 1. The van der Waals surface area contributed by atoms with Crippen molar-refractivity contribution in [3.8, 4) is 0 Å². The predicted molar refractivity (Wildman–Crippen MR) is 36.8 cm³/mol. The molecule has 1 atom stereocenters. The molecular weight excluding hydrogens is 138 g/mol. The van der Waals surface area contributed by atoms with E-state index in [0.29, 0.717) is 11.5 Å². The highest BCUT2D eigenvalue weighted by molar-refractivity contribution is 6.29. The maximum Gasteiger partial charge on any atom is 0.137 e. The molecule has 0 radical (unpaired) electrons. The molecule has 0 aromatic carbocycles. The Morgan fingerprint density at radius 3 is 2.78 bits per heavy atom. The van der Waals surface area contributed by atoms with Crippen LogP contribution in [0.25, 0.3) is 0 Å². The van der Waals surface area contributed by atoms with Crippen molar-refractivity contribution >= 4 is 11.6 Å². The summed E-state index contributed by atoms with van der Waals surface area (Å²) in [4.78, 5) is 0. The Morgan fingerprint density at radius 2 is 2.44 bits per heavy atom. The third-order valence-electron chi connectivity index (χ3n) is 1.11. The molecule has 0 heterocycles. The van der Waals surface area contributed by atoms with Crippen LogP contribution in [0, 0.1) is 0 Å². The van der Waals surface area contributed by atoms with Crippen molar-refractivity contribution in [1.29, 1.82) is 0 Å². The van der Waals surface area contributed by atoms with Crippen LogP contribution in [0.2, 0.25) is 0 Å². The molecule has 0 bridgehead atoms. The van der Waals surface area contributed by atoms with E-state index >= 15 is 0 Å². The van der Waals surface area contributed by atoms with Crippen molar-refractivity contribution in [3.63, 3.8) is 0 Å². The van der Waals surface area contributed by atoms with Gasteiger partial charge in [-0.3, -0.25) is 5.73 Å². The van der Waals surface area contributed by atoms with Crippen LogP contribution >= 0.6 is 11.6 Å². The number of halogens is 1. The first-order valence-electron chi connectivity index (χ1n) is 2.65. The monoisotopic (exact) mass is 145 g/mol. The standard InChI is InChI=1S/C6H8ClNO/c7-5-2-1-3-6(8,9)4-5/h1-3,9H,4,8H2. The molecule has 1 unspecified atom stereocenters. The van der Waals surface area contributed by atoms with Crippen LogP contribution in [0.3, 0.4) is 0 Å². The third kappa shape index (κ3) is 1.82. The third-order valence-corrected chi connectivity index (χ3v) is 1.37. The second kappa shape index (κ2) is 2.14. The van der Waals surface area contributed by atoms with Gasteiger partial charge in [0, 0.05) is 11.5 Å². The Morgan fingerprint density at radius 1 is 1.78 bits per heavy atom. The first-order valence-corrected chi connectivity index (χ1v) is 3.03. The fraction of sp³-hybridized carbons (Fsp3) is 0.333. The van der Waals surface area contributed by atoms with Crippen LogP contribution in [-0.4, -0.2) is 10.8 Å². The average Bonchev–Trinajstić information content (AvgIpc) is 1.60. The summed E-state index contributed by atoms with van der Waals surface area (Å²) in [6.07, 6.45) is 5.18. The molecule has 0 saturated heterocycles. The second-order valence-corrected chi connectivity index (χ2v) is 2.63. The summed E-state index contributed by atoms with van der Waals surface area (Å²) in [6, 6.07) is 0. The van der Waals surface area contributed by atoms with Gasteiger partial charge >= 0.3 is 0 Å². The van der Waals surface area contributed by atoms with E-state index in [-0.39, 0.29) is 0 Å². The van der Waals surface area contributed by atoms with Crippen molar-refractivity contribution in [2.24, 2.45) is 5.73 Å². The Balaban J connectivity index is 2.73. The van der Waals surface area contributed by atoms with Crippen LogP contribution in [-0.2, 0) is 0 Å². The molecule has 0 aromatic heterocycles. The molecule has 0 amide bonds. The molecule has 1 rings (SSSR count). The molecule has 1 aliphatic rings. The molecule has 2 nitrogen and oxygen atoms in total. The Hall–Kier alpha value is -0.310. The fourth-order valence-electron chi connectivity index (χ4n) is 0.708. The zero-order valence-electron chi connectivity index (χ0n) is 4.84. The SMILES string of the molecule is NC1(O)C=CC=C(Cl)C1. The first kappa shape index (κ1) is 6.81. The number of allylic oxidation sites excluding steroid dienone is 2. The minimum atomic E-state index is -1.23. The highest BCUT2D eigenvalue weighted by atomic mass is 35.5. The van der Waals surface area contributed by atoms with Crippen molar-refractivity contribution < 1.29 is 5.11 Å². The molecule has 0 saturated carbocycles. The van der Waals surface area contributed by atoms with Crippen LogP contribution in [0.4, 0.5) is 0 Å². The molecule has 9 heavy (non-hydrogen) atoms. The summed E-state index contributed by atoms with van der Waals surface area (Å²) >= 11 is 5.57. The zero-order chi connectivity index (χ0) is 6.91. The van der Waals surface area contributed by atoms with Gasteiger partial charge in [0.05, 0.1) is 0 Å². The molecular formula is C6H8ClNO. The highest BCUT2D eigenvalue weighted by Crippen LogP contribution is 2.20. The van der Waals surface area contributed by atoms with Gasteiger partial charge in [0.1, 0.15) is 5.72 Å². The van der Waals surface area contributed by atoms with Crippen molar-refractivity contribution in [2.45, 2.75) is 12.1 Å². The maximum atomic E-state index is 9.11. The highest BCUT2D eigenvalue weighted by Gasteiger charge is 2.19. The van der Waals surface area contributed by atoms with E-state index in [1.165, 1.54) is 6.08 Å². The normalized spacial score (nSPS) is 34.3. The summed E-state index contributed by atoms with van der Waals surface area (Å²) in [6.45, 7) is 0. The smallest absolute Gasteiger partial charge is 0.137 e. The molecule has 3 heteroatoms. The number of hydrogen-bond acceptors (Lipinski definition) is 2. The quantitative estimate of drug-likeness (QED) is 0.494. The first-order chi connectivity index (χ1) is 4.10. The Bertz CT molecular complexity index is 172. The van der Waals surface area contributed by atoms with E-state index < -0.39 is 5.72 Å². The van der Waals surface area contributed by atoms with E-state index in [4.69, 9.17) is 22.4 Å². The van der Waals surface area contributed by atoms with E-state index in [2.05, 4.69) is 0 Å². The van der Waals surface area contributed by atoms with Gasteiger partial charge in [0.2, 0.25) is 0 Å². The lowest BCUT2D eigenvalue weighted by Crippen LogP contribution is -2.37. The van der Waals surface area contributed by atoms with Crippen LogP contribution in [0.15, 0.2) is 23.3 Å². The summed E-state index contributed by atoms with van der Waals surface area (Å²) in [7, 11) is 0. The van der Waals surface area contributed by atoms with Gasteiger partial charge in [-0.1, -0.05) is 17.7 Å². The summed E-state index contributed by atoms with van der Waals surface area (Å²) in [5, 5.41) is 9.70. The van der Waals surface area contributed by atoms with Crippen LogP contribution in [0.1, 0.15) is 6.42 Å². The van der Waals surface area contributed by atoms with E-state index in [9.17, 15) is 0 Å². The van der Waals surface area contributed by atoms with Crippen molar-refractivity contribution in [3.05, 3.63) is 23.3 Å². The van der Waals surface area contributed by atoms with Crippen molar-refractivity contribution in [1.82, 2.24) is 0 Å². The lowest BCUT2D eigenvalue weighted by Gasteiger charge is -2.20. The van der Waals surface area contributed by atoms with E-state index in [1.54, 1.807) is 12.2 Å². The van der Waals surface area contributed by atoms with Crippen LogP contribution < -0.4 is 5.73 Å². The molecule has 0 fully saturated rings. The summed E-state index contributed by atoms with van der Waals surface area (Å²) < 4.78 is 0. The van der Waals surface area contributed by atoms with Gasteiger partial charge in [-0.2, -0.15) is 0 Å². The lowest BCUT2D eigenvalue weighted by atomic mass is 10.1. The lowest BCUT2D eigenvalue weighted by molar-refractivity contribution is 0.0994. The van der Waals surface area contributed by atoms with Gasteiger partial charge in [0.25, 0.3) is 0 Å². The van der Waals surface area contributed by atoms with E-state index in [1.807, 2.05) is 0 Å². The topological polar surface area (TPSA) is 46.2 Å². The van der Waals surface area contributed by atoms with Gasteiger partial charge in [-0.05, 0) is 12.2 Å². The van der Waals surface area contributed by atoms with Gasteiger partial charge in [0.15, 0.2) is 0 Å². The molecule has 0 aromatic rings. The Kier molecular flexibility index (Phi) is 1.62. The fourth-order valence-corrected chi connectivity index (χ4v) is 0.994. The molecule has 0 aliphatic heterocycles. The Labute approximate surface area is 58.6 Å². The predicted octanol–water partition coefficient (Wildman–Crippen LogP) is 0.716. The molecule has 1 aliphatic carbocycles. The molecule has 0 spiro atoms. The second-order valence-electron chi connectivity index (χ2n) is 2.14.